The van der Waals surface area contributed by atoms with Crippen molar-refractivity contribution >= 4 is 11.4 Å². The first-order valence-corrected chi connectivity index (χ1v) is 5.33. The van der Waals surface area contributed by atoms with Crippen LogP contribution in [0.25, 0.3) is 0 Å². The second-order valence-electron chi connectivity index (χ2n) is 3.74. The molecule has 0 amide bonds. The highest BCUT2D eigenvalue weighted by Gasteiger charge is 2.04. The lowest BCUT2D eigenvalue weighted by atomic mass is 10.1. The van der Waals surface area contributed by atoms with E-state index in [1.54, 1.807) is 6.07 Å². The minimum Gasteiger partial charge on any atom is -0.398 e. The van der Waals surface area contributed by atoms with Gasteiger partial charge in [0, 0.05) is 25.0 Å². The van der Waals surface area contributed by atoms with Crippen LogP contribution in [0.1, 0.15) is 5.56 Å². The fourth-order valence-corrected chi connectivity index (χ4v) is 1.44. The molecule has 1 rings (SSSR count). The molecule has 0 heterocycles. The van der Waals surface area contributed by atoms with E-state index in [1.807, 2.05) is 12.1 Å². The van der Waals surface area contributed by atoms with Crippen LogP contribution in [0.15, 0.2) is 18.2 Å². The largest absolute Gasteiger partial charge is 0.398 e. The first-order valence-electron chi connectivity index (χ1n) is 5.33. The molecule has 17 heavy (non-hydrogen) atoms. The summed E-state index contributed by atoms with van der Waals surface area (Å²) in [5, 5.41) is 21.2. The van der Waals surface area contributed by atoms with E-state index in [-0.39, 0.29) is 13.0 Å². The number of hydrogen-bond donors (Lipinski definition) is 3. The smallest absolute Gasteiger partial charge is 0.0945 e. The highest BCUT2D eigenvalue weighted by molar-refractivity contribution is 5.58. The van der Waals surface area contributed by atoms with E-state index < -0.39 is 6.10 Å². The van der Waals surface area contributed by atoms with E-state index in [4.69, 9.17) is 15.7 Å². The van der Waals surface area contributed by atoms with Crippen molar-refractivity contribution in [3.05, 3.63) is 23.8 Å². The summed E-state index contributed by atoms with van der Waals surface area (Å²) in [6.45, 7) is 0.677. The van der Waals surface area contributed by atoms with Crippen molar-refractivity contribution in [3.8, 4) is 6.07 Å². The van der Waals surface area contributed by atoms with Gasteiger partial charge in [0.25, 0.3) is 0 Å². The molecule has 0 spiro atoms. The van der Waals surface area contributed by atoms with Crippen molar-refractivity contribution in [2.45, 2.75) is 12.5 Å². The Balaban J connectivity index is 2.60. The van der Waals surface area contributed by atoms with Crippen molar-refractivity contribution in [2.24, 2.45) is 0 Å². The zero-order valence-electron chi connectivity index (χ0n) is 9.81. The van der Waals surface area contributed by atoms with Crippen molar-refractivity contribution in [1.82, 2.24) is 0 Å². The molecule has 0 saturated carbocycles. The second-order valence-corrected chi connectivity index (χ2v) is 3.74. The molecule has 4 N–H and O–H groups in total. The predicted octanol–water partition coefficient (Wildman–Crippen LogP) is 0.754. The number of aliphatic hydroxyl groups is 1. The number of ether oxygens (including phenoxy) is 1. The topological polar surface area (TPSA) is 91.3 Å². The number of methoxy groups -OCH3 is 1. The molecule has 1 aromatic carbocycles. The fourth-order valence-electron chi connectivity index (χ4n) is 1.44. The van der Waals surface area contributed by atoms with Crippen LogP contribution in [-0.2, 0) is 11.2 Å². The molecule has 1 atom stereocenters. The first kappa shape index (κ1) is 13.3. The molecule has 0 saturated heterocycles. The summed E-state index contributed by atoms with van der Waals surface area (Å²) < 4.78 is 4.82. The Morgan fingerprint density at radius 1 is 1.59 bits per heavy atom. The number of hydrogen-bond acceptors (Lipinski definition) is 5. The van der Waals surface area contributed by atoms with Crippen molar-refractivity contribution in [1.29, 1.82) is 5.26 Å². The molecule has 0 aromatic heterocycles. The van der Waals surface area contributed by atoms with Crippen LogP contribution in [0.4, 0.5) is 11.4 Å². The van der Waals surface area contributed by atoms with E-state index in [2.05, 4.69) is 11.4 Å². The minimum atomic E-state index is -0.558. The van der Waals surface area contributed by atoms with Crippen LogP contribution in [-0.4, -0.2) is 31.5 Å². The lowest BCUT2D eigenvalue weighted by molar-refractivity contribution is 0.0727. The zero-order chi connectivity index (χ0) is 12.7. The van der Waals surface area contributed by atoms with Crippen LogP contribution in [0.2, 0.25) is 0 Å². The maximum atomic E-state index is 9.47. The fraction of sp³-hybridized carbons (Fsp3) is 0.417. The van der Waals surface area contributed by atoms with Gasteiger partial charge in [-0.25, -0.2) is 0 Å². The Bertz CT molecular complexity index is 401. The van der Waals surface area contributed by atoms with Gasteiger partial charge in [-0.1, -0.05) is 0 Å². The Morgan fingerprint density at radius 2 is 2.35 bits per heavy atom. The van der Waals surface area contributed by atoms with Crippen molar-refractivity contribution < 1.29 is 9.84 Å². The van der Waals surface area contributed by atoms with E-state index in [1.165, 1.54) is 7.11 Å². The van der Waals surface area contributed by atoms with Gasteiger partial charge in [0.05, 0.1) is 25.2 Å². The maximum Gasteiger partial charge on any atom is 0.0945 e. The molecule has 0 radical (unpaired) electrons. The minimum absolute atomic E-state index is 0.280. The van der Waals surface area contributed by atoms with Gasteiger partial charge >= 0.3 is 0 Å². The number of aliphatic hydroxyl groups excluding tert-OH is 1. The summed E-state index contributed by atoms with van der Waals surface area (Å²) in [4.78, 5) is 0. The number of nitrogen functional groups attached to an aromatic ring is 1. The molecule has 1 unspecified atom stereocenters. The quantitative estimate of drug-likeness (QED) is 0.633. The van der Waals surface area contributed by atoms with Crippen LogP contribution in [0.3, 0.4) is 0 Å². The van der Waals surface area contributed by atoms with Crippen LogP contribution in [0, 0.1) is 11.3 Å². The molecule has 0 aliphatic carbocycles. The van der Waals surface area contributed by atoms with Crippen molar-refractivity contribution in [3.63, 3.8) is 0 Å². The first-order chi connectivity index (χ1) is 8.17. The highest BCUT2D eigenvalue weighted by Crippen LogP contribution is 2.18. The third kappa shape index (κ3) is 4.31. The number of nitrogens with one attached hydrogen (secondary N) is 1. The average Bonchev–Trinajstić information content (AvgIpc) is 2.31. The number of nitrogens with zero attached hydrogens (tertiary/aromatic N) is 1. The van der Waals surface area contributed by atoms with E-state index in [0.29, 0.717) is 12.2 Å². The summed E-state index contributed by atoms with van der Waals surface area (Å²) in [7, 11) is 1.54. The van der Waals surface area contributed by atoms with E-state index in [0.717, 1.165) is 11.3 Å². The Kier molecular flexibility index (Phi) is 5.27. The average molecular weight is 235 g/mol. The molecule has 0 aliphatic heterocycles. The molecular formula is C12H17N3O2. The Morgan fingerprint density at radius 3 is 3.00 bits per heavy atom. The van der Waals surface area contributed by atoms with Crippen LogP contribution < -0.4 is 11.1 Å². The third-order valence-corrected chi connectivity index (χ3v) is 2.31. The molecule has 5 heteroatoms. The molecule has 5 nitrogen and oxygen atoms in total. The monoisotopic (exact) mass is 235 g/mol. The molecule has 0 bridgehead atoms. The summed E-state index contributed by atoms with van der Waals surface area (Å²) in [6.07, 6.45) is -0.279. The Hall–Kier alpha value is -1.77. The van der Waals surface area contributed by atoms with Gasteiger partial charge < -0.3 is 20.9 Å². The van der Waals surface area contributed by atoms with E-state index >= 15 is 0 Å². The standard InChI is InChI=1S/C12H17N3O2/c1-17-8-11(16)7-15-10-2-3-12(14)9(6-10)4-5-13/h2-3,6,11,15-16H,4,7-8,14H2,1H3. The normalized spacial score (nSPS) is 11.8. The molecule has 92 valence electrons. The third-order valence-electron chi connectivity index (χ3n) is 2.31. The molecule has 0 aliphatic rings. The number of nitriles is 1. The molecular weight excluding hydrogens is 218 g/mol. The van der Waals surface area contributed by atoms with Gasteiger partial charge in [-0.15, -0.1) is 0 Å². The SMILES string of the molecule is COCC(O)CNc1ccc(N)c(CC#N)c1. The lowest BCUT2D eigenvalue weighted by Crippen LogP contribution is -2.24. The predicted molar refractivity (Wildman–Crippen MR) is 66.5 cm³/mol. The van der Waals surface area contributed by atoms with Crippen LogP contribution >= 0.6 is 0 Å². The van der Waals surface area contributed by atoms with E-state index in [9.17, 15) is 5.11 Å². The van der Waals surface area contributed by atoms with Crippen molar-refractivity contribution in [2.75, 3.05) is 31.3 Å². The van der Waals surface area contributed by atoms with Gasteiger partial charge in [0.15, 0.2) is 0 Å². The molecule has 1 aromatic rings. The summed E-state index contributed by atoms with van der Waals surface area (Å²) in [5.74, 6) is 0. The number of rotatable bonds is 6. The second kappa shape index (κ2) is 6.74. The van der Waals surface area contributed by atoms with Gasteiger partial charge in [0.1, 0.15) is 0 Å². The number of benzene rings is 1. The highest BCUT2D eigenvalue weighted by atomic mass is 16.5. The Labute approximate surface area is 101 Å². The number of anilines is 2. The van der Waals surface area contributed by atoms with Gasteiger partial charge in [0.2, 0.25) is 0 Å². The number of nitrogens with two attached hydrogens (primary N) is 1. The van der Waals surface area contributed by atoms with Gasteiger partial charge in [-0.2, -0.15) is 5.26 Å². The van der Waals surface area contributed by atoms with Gasteiger partial charge in [-0.3, -0.25) is 0 Å². The summed E-state index contributed by atoms with van der Waals surface area (Å²) in [6, 6.07) is 7.44. The van der Waals surface area contributed by atoms with Crippen LogP contribution in [0.5, 0.6) is 0 Å². The summed E-state index contributed by atoms with van der Waals surface area (Å²) in [5.41, 5.74) is 7.96. The maximum absolute atomic E-state index is 9.47. The lowest BCUT2D eigenvalue weighted by Gasteiger charge is -2.13. The summed E-state index contributed by atoms with van der Waals surface area (Å²) >= 11 is 0. The van der Waals surface area contributed by atoms with Gasteiger partial charge in [-0.05, 0) is 23.8 Å². The molecule has 0 fully saturated rings. The zero-order valence-corrected chi connectivity index (χ0v) is 9.81.